The van der Waals surface area contributed by atoms with Crippen molar-refractivity contribution in [3.05, 3.63) is 74.3 Å². The highest BCUT2D eigenvalue weighted by molar-refractivity contribution is 9.10. The fourth-order valence-corrected chi connectivity index (χ4v) is 4.31. The number of nitro groups is 1. The zero-order chi connectivity index (χ0) is 18.3. The van der Waals surface area contributed by atoms with E-state index in [0.717, 1.165) is 22.0 Å². The highest BCUT2D eigenvalue weighted by atomic mass is 79.9. The van der Waals surface area contributed by atoms with Crippen molar-refractivity contribution < 1.29 is 9.66 Å². The Bertz CT molecular complexity index is 879. The number of nitrogens with one attached hydrogen (secondary N) is 1. The van der Waals surface area contributed by atoms with Crippen LogP contribution in [0, 0.1) is 16.0 Å². The van der Waals surface area contributed by atoms with Crippen molar-refractivity contribution >= 4 is 27.3 Å². The molecule has 1 aliphatic heterocycles. The van der Waals surface area contributed by atoms with Crippen molar-refractivity contribution in [3.8, 4) is 5.75 Å². The van der Waals surface area contributed by atoms with Crippen molar-refractivity contribution in [1.82, 2.24) is 0 Å². The molecule has 134 valence electrons. The van der Waals surface area contributed by atoms with Gasteiger partial charge >= 0.3 is 0 Å². The fourth-order valence-electron chi connectivity index (χ4n) is 4.05. The van der Waals surface area contributed by atoms with Crippen molar-refractivity contribution in [2.75, 3.05) is 11.9 Å². The van der Waals surface area contributed by atoms with Gasteiger partial charge in [-0.1, -0.05) is 40.2 Å². The average Bonchev–Trinajstić information content (AvgIpc) is 3.11. The first-order valence-electron chi connectivity index (χ1n) is 8.72. The number of rotatable bonds is 4. The Balaban J connectivity index is 1.83. The van der Waals surface area contributed by atoms with Gasteiger partial charge in [-0.15, -0.1) is 0 Å². The molecule has 0 radical (unpaired) electrons. The van der Waals surface area contributed by atoms with Gasteiger partial charge in [-0.2, -0.15) is 0 Å². The Labute approximate surface area is 160 Å². The molecule has 0 amide bonds. The second kappa shape index (κ2) is 6.76. The fraction of sp³-hybridized carbons (Fsp3) is 0.300. The van der Waals surface area contributed by atoms with Crippen LogP contribution in [0.25, 0.3) is 0 Å². The summed E-state index contributed by atoms with van der Waals surface area (Å²) < 4.78 is 6.59. The summed E-state index contributed by atoms with van der Waals surface area (Å²) in [5.74, 6) is 1.04. The van der Waals surface area contributed by atoms with E-state index in [2.05, 4.69) is 45.5 Å². The molecule has 0 saturated heterocycles. The molecule has 0 aromatic heterocycles. The van der Waals surface area contributed by atoms with Crippen molar-refractivity contribution in [3.63, 3.8) is 0 Å². The highest BCUT2D eigenvalue weighted by Gasteiger charge is 2.41. The van der Waals surface area contributed by atoms with Crippen LogP contribution in [0.5, 0.6) is 5.75 Å². The maximum Gasteiger partial charge on any atom is 0.296 e. The van der Waals surface area contributed by atoms with Crippen LogP contribution < -0.4 is 10.1 Å². The minimum absolute atomic E-state index is 0.0345. The lowest BCUT2D eigenvalue weighted by Crippen LogP contribution is -2.29. The predicted octanol–water partition coefficient (Wildman–Crippen LogP) is 5.58. The van der Waals surface area contributed by atoms with Gasteiger partial charge < -0.3 is 10.1 Å². The van der Waals surface area contributed by atoms with Gasteiger partial charge in [0.15, 0.2) is 0 Å². The second-order valence-corrected chi connectivity index (χ2v) is 7.54. The third kappa shape index (κ3) is 2.88. The standard InChI is InChI=1S/C20H19BrN2O3/c1-2-26-14-10-17-15-4-3-5-16(15)19(12-6-8-13(21)9-7-12)22-20(17)18(11-14)23(24)25/h3-4,6-11,15-16,19,22H,2,5H2,1H3/t15-,16+,19+/m1/s1. The summed E-state index contributed by atoms with van der Waals surface area (Å²) >= 11 is 3.47. The van der Waals surface area contributed by atoms with E-state index in [9.17, 15) is 10.1 Å². The van der Waals surface area contributed by atoms with Crippen LogP contribution in [-0.2, 0) is 0 Å². The Morgan fingerprint density at radius 3 is 2.77 bits per heavy atom. The summed E-state index contributed by atoms with van der Waals surface area (Å²) in [6.07, 6.45) is 5.30. The maximum absolute atomic E-state index is 11.7. The molecule has 0 unspecified atom stereocenters. The van der Waals surface area contributed by atoms with Crippen LogP contribution in [0.1, 0.15) is 36.4 Å². The molecule has 4 rings (SSSR count). The maximum atomic E-state index is 11.7. The molecule has 0 bridgehead atoms. The van der Waals surface area contributed by atoms with Gasteiger partial charge in [0, 0.05) is 10.4 Å². The first-order chi connectivity index (χ1) is 12.6. The third-order valence-electron chi connectivity index (χ3n) is 5.16. The molecule has 3 atom stereocenters. The van der Waals surface area contributed by atoms with Crippen molar-refractivity contribution in [1.29, 1.82) is 0 Å². The number of allylic oxidation sites excluding steroid dienone is 2. The SMILES string of the molecule is CCOc1cc2c(c([N+](=O)[O-])c1)N[C@@H](c1ccc(Br)cc1)[C@H]1CC=C[C@@H]21. The van der Waals surface area contributed by atoms with Crippen LogP contribution in [0.2, 0.25) is 0 Å². The molecule has 0 fully saturated rings. The average molecular weight is 415 g/mol. The van der Waals surface area contributed by atoms with Gasteiger partial charge in [-0.25, -0.2) is 0 Å². The largest absolute Gasteiger partial charge is 0.494 e. The van der Waals surface area contributed by atoms with Gasteiger partial charge in [0.25, 0.3) is 5.69 Å². The molecule has 2 aromatic rings. The van der Waals surface area contributed by atoms with Crippen molar-refractivity contribution in [2.24, 2.45) is 5.92 Å². The molecular formula is C20H19BrN2O3. The third-order valence-corrected chi connectivity index (χ3v) is 5.69. The van der Waals surface area contributed by atoms with E-state index >= 15 is 0 Å². The molecular weight excluding hydrogens is 396 g/mol. The molecule has 6 heteroatoms. The highest BCUT2D eigenvalue weighted by Crippen LogP contribution is 2.53. The van der Waals surface area contributed by atoms with E-state index in [1.807, 2.05) is 25.1 Å². The zero-order valence-electron chi connectivity index (χ0n) is 14.3. The number of benzene rings is 2. The van der Waals surface area contributed by atoms with E-state index in [-0.39, 0.29) is 22.6 Å². The lowest BCUT2D eigenvalue weighted by atomic mass is 9.76. The first kappa shape index (κ1) is 17.1. The number of halogens is 1. The van der Waals surface area contributed by atoms with Gasteiger partial charge in [0.2, 0.25) is 0 Å². The minimum atomic E-state index is -0.327. The molecule has 2 aliphatic rings. The van der Waals surface area contributed by atoms with Crippen LogP contribution >= 0.6 is 15.9 Å². The number of fused-ring (bicyclic) bond motifs is 3. The van der Waals surface area contributed by atoms with E-state index in [1.54, 1.807) is 0 Å². The number of hydrogen-bond acceptors (Lipinski definition) is 4. The molecule has 1 heterocycles. The van der Waals surface area contributed by atoms with E-state index in [1.165, 1.54) is 6.07 Å². The normalized spacial score (nSPS) is 23.1. The Hall–Kier alpha value is -2.34. The number of ether oxygens (including phenoxy) is 1. The van der Waals surface area contributed by atoms with Crippen LogP contribution in [0.15, 0.2) is 53.0 Å². The lowest BCUT2D eigenvalue weighted by molar-refractivity contribution is -0.384. The van der Waals surface area contributed by atoms with Gasteiger partial charge in [-0.3, -0.25) is 10.1 Å². The quantitative estimate of drug-likeness (QED) is 0.402. The summed E-state index contributed by atoms with van der Waals surface area (Å²) in [4.78, 5) is 11.4. The number of hydrogen-bond donors (Lipinski definition) is 1. The summed E-state index contributed by atoms with van der Waals surface area (Å²) in [6.45, 7) is 2.36. The van der Waals surface area contributed by atoms with E-state index in [0.29, 0.717) is 24.0 Å². The molecule has 1 N–H and O–H groups in total. The summed E-state index contributed by atoms with van der Waals surface area (Å²) in [6, 6.07) is 11.7. The lowest BCUT2D eigenvalue weighted by Gasteiger charge is -2.37. The zero-order valence-corrected chi connectivity index (χ0v) is 15.9. The molecule has 5 nitrogen and oxygen atoms in total. The van der Waals surface area contributed by atoms with Gasteiger partial charge in [0.05, 0.1) is 23.6 Å². The van der Waals surface area contributed by atoms with Crippen LogP contribution in [0.3, 0.4) is 0 Å². The van der Waals surface area contributed by atoms with Gasteiger partial charge in [-0.05, 0) is 48.6 Å². The van der Waals surface area contributed by atoms with Gasteiger partial charge in [0.1, 0.15) is 11.4 Å². The number of nitro benzene ring substituents is 1. The van der Waals surface area contributed by atoms with Crippen LogP contribution in [-0.4, -0.2) is 11.5 Å². The molecule has 0 spiro atoms. The Kier molecular flexibility index (Phi) is 4.44. The monoisotopic (exact) mass is 414 g/mol. The number of anilines is 1. The Morgan fingerprint density at radius 2 is 2.08 bits per heavy atom. The van der Waals surface area contributed by atoms with E-state index < -0.39 is 0 Å². The Morgan fingerprint density at radius 1 is 1.31 bits per heavy atom. The predicted molar refractivity (Wildman–Crippen MR) is 105 cm³/mol. The smallest absolute Gasteiger partial charge is 0.296 e. The summed E-state index contributed by atoms with van der Waals surface area (Å²) in [7, 11) is 0. The van der Waals surface area contributed by atoms with E-state index in [4.69, 9.17) is 4.74 Å². The van der Waals surface area contributed by atoms with Crippen LogP contribution in [0.4, 0.5) is 11.4 Å². The molecule has 26 heavy (non-hydrogen) atoms. The summed E-state index contributed by atoms with van der Waals surface area (Å²) in [5.41, 5.74) is 2.78. The number of nitrogens with zero attached hydrogens (tertiary/aromatic N) is 1. The molecule has 2 aromatic carbocycles. The molecule has 0 saturated carbocycles. The molecule has 1 aliphatic carbocycles. The first-order valence-corrected chi connectivity index (χ1v) is 9.51. The minimum Gasteiger partial charge on any atom is -0.494 e. The topological polar surface area (TPSA) is 64.4 Å². The second-order valence-electron chi connectivity index (χ2n) is 6.62. The van der Waals surface area contributed by atoms with Crippen molar-refractivity contribution in [2.45, 2.75) is 25.3 Å². The summed E-state index contributed by atoms with van der Waals surface area (Å²) in [5, 5.41) is 15.2.